The Morgan fingerprint density at radius 2 is 2.24 bits per heavy atom. The largest absolute Gasteiger partial charge is 0.374 e. The SMILES string of the molecule is CCCNC(C)CCc1nc(COCC)no1. The third kappa shape index (κ3) is 5.79. The van der Waals surface area contributed by atoms with Crippen molar-refractivity contribution in [3.8, 4) is 0 Å². The number of hydrogen-bond donors (Lipinski definition) is 1. The van der Waals surface area contributed by atoms with Crippen molar-refractivity contribution in [1.82, 2.24) is 15.5 Å². The van der Waals surface area contributed by atoms with Gasteiger partial charge in [0.15, 0.2) is 5.82 Å². The Morgan fingerprint density at radius 3 is 2.94 bits per heavy atom. The molecule has 1 heterocycles. The van der Waals surface area contributed by atoms with Gasteiger partial charge in [-0.15, -0.1) is 0 Å². The zero-order chi connectivity index (χ0) is 12.5. The minimum absolute atomic E-state index is 0.434. The molecule has 0 aliphatic heterocycles. The number of nitrogens with one attached hydrogen (secondary N) is 1. The maximum absolute atomic E-state index is 5.21. The Labute approximate surface area is 103 Å². The summed E-state index contributed by atoms with van der Waals surface area (Å²) in [4.78, 5) is 4.27. The fourth-order valence-electron chi connectivity index (χ4n) is 1.48. The maximum atomic E-state index is 5.21. The lowest BCUT2D eigenvalue weighted by atomic mass is 10.2. The second-order valence-electron chi connectivity index (χ2n) is 4.14. The lowest BCUT2D eigenvalue weighted by molar-refractivity contribution is 0.126. The molecule has 0 aliphatic carbocycles. The summed E-state index contributed by atoms with van der Waals surface area (Å²) in [5, 5.41) is 7.29. The van der Waals surface area contributed by atoms with Crippen LogP contribution in [-0.4, -0.2) is 29.3 Å². The highest BCUT2D eigenvalue weighted by atomic mass is 16.5. The van der Waals surface area contributed by atoms with Crippen LogP contribution >= 0.6 is 0 Å². The minimum Gasteiger partial charge on any atom is -0.374 e. The van der Waals surface area contributed by atoms with E-state index in [-0.39, 0.29) is 0 Å². The lowest BCUT2D eigenvalue weighted by Crippen LogP contribution is -2.27. The molecule has 1 N–H and O–H groups in total. The number of aryl methyl sites for hydroxylation is 1. The summed E-state index contributed by atoms with van der Waals surface area (Å²) in [6.45, 7) is 8.44. The van der Waals surface area contributed by atoms with E-state index in [1.165, 1.54) is 0 Å². The van der Waals surface area contributed by atoms with Crippen molar-refractivity contribution in [3.05, 3.63) is 11.7 Å². The van der Waals surface area contributed by atoms with E-state index < -0.39 is 0 Å². The molecule has 0 radical (unpaired) electrons. The van der Waals surface area contributed by atoms with Crippen molar-refractivity contribution in [2.24, 2.45) is 0 Å². The highest BCUT2D eigenvalue weighted by Gasteiger charge is 2.08. The number of ether oxygens (including phenoxy) is 1. The van der Waals surface area contributed by atoms with Crippen LogP contribution < -0.4 is 5.32 Å². The van der Waals surface area contributed by atoms with E-state index in [1.807, 2.05) is 6.92 Å². The Bertz CT molecular complexity index is 302. The smallest absolute Gasteiger partial charge is 0.226 e. The van der Waals surface area contributed by atoms with E-state index in [4.69, 9.17) is 9.26 Å². The van der Waals surface area contributed by atoms with Gasteiger partial charge in [0.1, 0.15) is 6.61 Å². The molecule has 0 amide bonds. The lowest BCUT2D eigenvalue weighted by Gasteiger charge is -2.10. The second kappa shape index (κ2) is 8.20. The van der Waals surface area contributed by atoms with Crippen molar-refractivity contribution in [2.75, 3.05) is 13.2 Å². The molecule has 5 nitrogen and oxygen atoms in total. The van der Waals surface area contributed by atoms with Gasteiger partial charge in [-0.05, 0) is 33.2 Å². The van der Waals surface area contributed by atoms with Crippen LogP contribution in [0, 0.1) is 0 Å². The summed E-state index contributed by atoms with van der Waals surface area (Å²) in [5.74, 6) is 1.33. The molecule has 0 bridgehead atoms. The summed E-state index contributed by atoms with van der Waals surface area (Å²) in [6, 6.07) is 0.484. The van der Waals surface area contributed by atoms with E-state index in [0.29, 0.717) is 31.0 Å². The van der Waals surface area contributed by atoms with E-state index >= 15 is 0 Å². The number of rotatable bonds is 9. The summed E-state index contributed by atoms with van der Waals surface area (Å²) < 4.78 is 10.4. The molecule has 1 aromatic heterocycles. The molecule has 0 spiro atoms. The number of aromatic nitrogens is 2. The quantitative estimate of drug-likeness (QED) is 0.715. The van der Waals surface area contributed by atoms with Crippen LogP contribution in [0.2, 0.25) is 0 Å². The predicted octanol–water partition coefficient (Wildman–Crippen LogP) is 1.93. The third-order valence-corrected chi connectivity index (χ3v) is 2.48. The average molecular weight is 241 g/mol. The molecule has 17 heavy (non-hydrogen) atoms. The van der Waals surface area contributed by atoms with Gasteiger partial charge in [0.25, 0.3) is 0 Å². The van der Waals surface area contributed by atoms with Crippen LogP contribution in [0.3, 0.4) is 0 Å². The first-order valence-electron chi connectivity index (χ1n) is 6.38. The summed E-state index contributed by atoms with van der Waals surface area (Å²) in [6.07, 6.45) is 2.98. The van der Waals surface area contributed by atoms with Gasteiger partial charge < -0.3 is 14.6 Å². The monoisotopic (exact) mass is 241 g/mol. The third-order valence-electron chi connectivity index (χ3n) is 2.48. The van der Waals surface area contributed by atoms with E-state index in [0.717, 1.165) is 25.8 Å². The van der Waals surface area contributed by atoms with Gasteiger partial charge in [0.05, 0.1) is 0 Å². The first-order valence-corrected chi connectivity index (χ1v) is 6.38. The van der Waals surface area contributed by atoms with E-state index in [9.17, 15) is 0 Å². The highest BCUT2D eigenvalue weighted by molar-refractivity contribution is 4.85. The zero-order valence-electron chi connectivity index (χ0n) is 11.0. The zero-order valence-corrected chi connectivity index (χ0v) is 11.0. The normalized spacial score (nSPS) is 12.9. The van der Waals surface area contributed by atoms with Gasteiger partial charge in [-0.3, -0.25) is 0 Å². The van der Waals surface area contributed by atoms with Crippen LogP contribution in [0.15, 0.2) is 4.52 Å². The molecule has 98 valence electrons. The first kappa shape index (κ1) is 14.1. The number of hydrogen-bond acceptors (Lipinski definition) is 5. The van der Waals surface area contributed by atoms with Crippen LogP contribution in [0.5, 0.6) is 0 Å². The second-order valence-corrected chi connectivity index (χ2v) is 4.14. The van der Waals surface area contributed by atoms with Gasteiger partial charge in [-0.1, -0.05) is 12.1 Å². The fraction of sp³-hybridized carbons (Fsp3) is 0.833. The first-order chi connectivity index (χ1) is 8.26. The Morgan fingerprint density at radius 1 is 1.41 bits per heavy atom. The van der Waals surface area contributed by atoms with Gasteiger partial charge in [-0.2, -0.15) is 4.98 Å². The predicted molar refractivity (Wildman–Crippen MR) is 65.7 cm³/mol. The van der Waals surface area contributed by atoms with Crippen LogP contribution in [0.4, 0.5) is 0 Å². The Kier molecular flexibility index (Phi) is 6.81. The van der Waals surface area contributed by atoms with Crippen molar-refractivity contribution >= 4 is 0 Å². The van der Waals surface area contributed by atoms with Gasteiger partial charge in [0.2, 0.25) is 5.89 Å². The van der Waals surface area contributed by atoms with Crippen LogP contribution in [0.1, 0.15) is 45.3 Å². The molecule has 1 rings (SSSR count). The molecule has 0 saturated heterocycles. The highest BCUT2D eigenvalue weighted by Crippen LogP contribution is 2.04. The summed E-state index contributed by atoms with van der Waals surface area (Å²) in [7, 11) is 0. The van der Waals surface area contributed by atoms with Gasteiger partial charge in [-0.25, -0.2) is 0 Å². The van der Waals surface area contributed by atoms with Crippen molar-refractivity contribution in [2.45, 2.75) is 52.7 Å². The van der Waals surface area contributed by atoms with Crippen molar-refractivity contribution < 1.29 is 9.26 Å². The minimum atomic E-state index is 0.434. The molecule has 0 fully saturated rings. The molecule has 0 aliphatic rings. The van der Waals surface area contributed by atoms with Gasteiger partial charge in [0, 0.05) is 19.1 Å². The van der Waals surface area contributed by atoms with E-state index in [1.54, 1.807) is 0 Å². The molecule has 5 heteroatoms. The summed E-state index contributed by atoms with van der Waals surface area (Å²) in [5.41, 5.74) is 0. The van der Waals surface area contributed by atoms with E-state index in [2.05, 4.69) is 29.3 Å². The molecule has 1 unspecified atom stereocenters. The van der Waals surface area contributed by atoms with Crippen LogP contribution in [-0.2, 0) is 17.8 Å². The molecule has 1 atom stereocenters. The summed E-state index contributed by atoms with van der Waals surface area (Å²) >= 11 is 0. The molecule has 0 aromatic carbocycles. The van der Waals surface area contributed by atoms with Gasteiger partial charge >= 0.3 is 0 Å². The maximum Gasteiger partial charge on any atom is 0.226 e. The molecular formula is C12H23N3O2. The van der Waals surface area contributed by atoms with Crippen molar-refractivity contribution in [3.63, 3.8) is 0 Å². The van der Waals surface area contributed by atoms with Crippen LogP contribution in [0.25, 0.3) is 0 Å². The van der Waals surface area contributed by atoms with Crippen molar-refractivity contribution in [1.29, 1.82) is 0 Å². The molecular weight excluding hydrogens is 218 g/mol. The fourth-order valence-corrected chi connectivity index (χ4v) is 1.48. The Balaban J connectivity index is 2.24. The molecule has 0 saturated carbocycles. The number of nitrogens with zero attached hydrogens (tertiary/aromatic N) is 2. The average Bonchev–Trinajstić information content (AvgIpc) is 2.79. The molecule has 1 aromatic rings. The topological polar surface area (TPSA) is 60.2 Å². The standard InChI is InChI=1S/C12H23N3O2/c1-4-8-13-10(3)6-7-12-14-11(15-17-12)9-16-5-2/h10,13H,4-9H2,1-3H3. The Hall–Kier alpha value is -0.940.